The van der Waals surface area contributed by atoms with Gasteiger partial charge in [0.25, 0.3) is 0 Å². The minimum Gasteiger partial charge on any atom is -0.459 e. The number of rotatable bonds is 4. The van der Waals surface area contributed by atoms with Crippen LogP contribution in [0.3, 0.4) is 0 Å². The highest BCUT2D eigenvalue weighted by Crippen LogP contribution is 2.44. The number of nitrogens with zero attached hydrogens (tertiary/aromatic N) is 2. The third kappa shape index (κ3) is 3.47. The molecule has 2 aliphatic heterocycles. The Labute approximate surface area is 166 Å². The van der Waals surface area contributed by atoms with Gasteiger partial charge in [0.2, 0.25) is 5.91 Å². The largest absolute Gasteiger partial charge is 0.459 e. The second kappa shape index (κ2) is 7.56. The Hall–Kier alpha value is -1.60. The van der Waals surface area contributed by atoms with Crippen molar-refractivity contribution in [2.45, 2.75) is 51.5 Å². The van der Waals surface area contributed by atoms with Crippen molar-refractivity contribution in [3.05, 3.63) is 45.6 Å². The highest BCUT2D eigenvalue weighted by Gasteiger charge is 2.47. The van der Waals surface area contributed by atoms with Crippen LogP contribution in [0.25, 0.3) is 0 Å². The van der Waals surface area contributed by atoms with Crippen molar-refractivity contribution in [1.29, 1.82) is 0 Å². The van der Waals surface area contributed by atoms with Gasteiger partial charge in [0.05, 0.1) is 28.7 Å². The molecule has 1 saturated heterocycles. The fraction of sp³-hybridized carbons (Fsp3) is 0.421. The summed E-state index contributed by atoms with van der Waals surface area (Å²) in [6.07, 6.45) is 0.470. The Kier molecular flexibility index (Phi) is 5.58. The summed E-state index contributed by atoms with van der Waals surface area (Å²) in [4.78, 5) is 32.0. The Balaban J connectivity index is 2.13. The summed E-state index contributed by atoms with van der Waals surface area (Å²) in [6, 6.07) is 7.14. The molecular formula is C19H21BrN2O3S. The van der Waals surface area contributed by atoms with E-state index in [0.29, 0.717) is 16.4 Å². The Morgan fingerprint density at radius 2 is 2.15 bits per heavy atom. The number of hydrogen-bond acceptors (Lipinski definition) is 5. The lowest BCUT2D eigenvalue weighted by atomic mass is 9.94. The molecule has 1 aromatic rings. The second-order valence-corrected chi connectivity index (χ2v) is 8.61. The molecule has 3 rings (SSSR count). The van der Waals surface area contributed by atoms with Crippen LogP contribution in [0.15, 0.2) is 45.0 Å². The highest BCUT2D eigenvalue weighted by molar-refractivity contribution is 9.10. The van der Waals surface area contributed by atoms with Gasteiger partial charge in [-0.25, -0.2) is 9.79 Å². The quantitative estimate of drug-likeness (QED) is 0.654. The standard InChI is InChI=1S/C19H21BrN2O3S/c1-5-14-17(23)22-16(12-7-6-8-13(20)9-12)15(18(24)25-10(2)3)11(4)21-19(22)26-14/h6-10,14,16H,5H2,1-4H3/t14-,16-/m1/s1. The maximum atomic E-state index is 13.0. The third-order valence-electron chi connectivity index (χ3n) is 4.25. The number of amides is 1. The van der Waals surface area contributed by atoms with E-state index in [4.69, 9.17) is 4.74 Å². The molecule has 0 unspecified atom stereocenters. The average molecular weight is 437 g/mol. The monoisotopic (exact) mass is 436 g/mol. The SMILES string of the molecule is CC[C@H]1SC2=NC(C)=C(C(=O)OC(C)C)[C@@H](c3cccc(Br)c3)N2C1=O. The maximum Gasteiger partial charge on any atom is 0.338 e. The van der Waals surface area contributed by atoms with E-state index < -0.39 is 12.0 Å². The summed E-state index contributed by atoms with van der Waals surface area (Å²) in [5.74, 6) is -0.438. The van der Waals surface area contributed by atoms with Crippen LogP contribution in [0.1, 0.15) is 45.7 Å². The minimum absolute atomic E-state index is 0.0106. The first-order valence-corrected chi connectivity index (χ1v) is 10.3. The number of hydrogen-bond donors (Lipinski definition) is 0. The maximum absolute atomic E-state index is 13.0. The van der Waals surface area contributed by atoms with E-state index in [-0.39, 0.29) is 17.3 Å². The van der Waals surface area contributed by atoms with Crippen LogP contribution in [0.5, 0.6) is 0 Å². The fourth-order valence-corrected chi connectivity index (χ4v) is 4.67. The molecule has 1 aromatic carbocycles. The van der Waals surface area contributed by atoms with E-state index in [9.17, 15) is 9.59 Å². The van der Waals surface area contributed by atoms with Gasteiger partial charge in [-0.2, -0.15) is 0 Å². The first-order chi connectivity index (χ1) is 12.3. The molecule has 0 aromatic heterocycles. The summed E-state index contributed by atoms with van der Waals surface area (Å²) in [6.45, 7) is 7.40. The summed E-state index contributed by atoms with van der Waals surface area (Å²) < 4.78 is 6.34. The van der Waals surface area contributed by atoms with E-state index >= 15 is 0 Å². The van der Waals surface area contributed by atoms with E-state index in [2.05, 4.69) is 20.9 Å². The molecule has 0 spiro atoms. The molecule has 0 aliphatic carbocycles. The Morgan fingerprint density at radius 3 is 2.77 bits per heavy atom. The van der Waals surface area contributed by atoms with E-state index in [1.54, 1.807) is 11.8 Å². The molecule has 0 radical (unpaired) electrons. The number of esters is 1. The molecule has 2 heterocycles. The van der Waals surface area contributed by atoms with Crippen LogP contribution in [-0.2, 0) is 14.3 Å². The van der Waals surface area contributed by atoms with Crippen LogP contribution in [-0.4, -0.2) is 33.3 Å². The molecule has 1 fully saturated rings. The van der Waals surface area contributed by atoms with Crippen LogP contribution in [0, 0.1) is 0 Å². The van der Waals surface area contributed by atoms with Crippen molar-refractivity contribution in [2.24, 2.45) is 4.99 Å². The van der Waals surface area contributed by atoms with Crippen LogP contribution >= 0.6 is 27.7 Å². The van der Waals surface area contributed by atoms with Gasteiger partial charge in [0, 0.05) is 4.47 Å². The van der Waals surface area contributed by atoms with Crippen molar-refractivity contribution in [2.75, 3.05) is 0 Å². The zero-order valence-electron chi connectivity index (χ0n) is 15.2. The molecule has 5 nitrogen and oxygen atoms in total. The third-order valence-corrected chi connectivity index (χ3v) is 6.06. The minimum atomic E-state index is -0.525. The lowest BCUT2D eigenvalue weighted by Gasteiger charge is -2.33. The summed E-state index contributed by atoms with van der Waals surface area (Å²) in [5.41, 5.74) is 1.88. The first kappa shape index (κ1) is 19.2. The number of benzene rings is 1. The summed E-state index contributed by atoms with van der Waals surface area (Å²) >= 11 is 4.95. The van der Waals surface area contributed by atoms with Crippen molar-refractivity contribution >= 4 is 44.7 Å². The molecule has 7 heteroatoms. The summed E-state index contributed by atoms with van der Waals surface area (Å²) in [5, 5.41) is 0.488. The Bertz CT molecular complexity index is 819. The van der Waals surface area contributed by atoms with Crippen LogP contribution < -0.4 is 0 Å². The number of fused-ring (bicyclic) bond motifs is 1. The van der Waals surface area contributed by atoms with Crippen molar-refractivity contribution in [3.8, 4) is 0 Å². The molecule has 138 valence electrons. The van der Waals surface area contributed by atoms with Crippen molar-refractivity contribution < 1.29 is 14.3 Å². The number of ether oxygens (including phenoxy) is 1. The van der Waals surface area contributed by atoms with E-state index in [1.807, 2.05) is 45.0 Å². The highest BCUT2D eigenvalue weighted by atomic mass is 79.9. The van der Waals surface area contributed by atoms with Gasteiger partial charge in [-0.05, 0) is 44.9 Å². The zero-order valence-corrected chi connectivity index (χ0v) is 17.6. The number of aliphatic imine (C=N–C) groups is 1. The van der Waals surface area contributed by atoms with Gasteiger partial charge in [-0.1, -0.05) is 46.7 Å². The van der Waals surface area contributed by atoms with Gasteiger partial charge >= 0.3 is 5.97 Å². The number of allylic oxidation sites excluding steroid dienone is 1. The topological polar surface area (TPSA) is 59.0 Å². The predicted molar refractivity (Wildman–Crippen MR) is 107 cm³/mol. The fourth-order valence-electron chi connectivity index (χ4n) is 3.12. The zero-order chi connectivity index (χ0) is 19.0. The van der Waals surface area contributed by atoms with Crippen molar-refractivity contribution in [3.63, 3.8) is 0 Å². The molecule has 0 N–H and O–H groups in total. The molecule has 26 heavy (non-hydrogen) atoms. The second-order valence-electron chi connectivity index (χ2n) is 6.53. The van der Waals surface area contributed by atoms with Gasteiger partial charge in [-0.15, -0.1) is 0 Å². The molecule has 0 saturated carbocycles. The molecule has 2 atom stereocenters. The molecular weight excluding hydrogens is 416 g/mol. The van der Waals surface area contributed by atoms with E-state index in [0.717, 1.165) is 16.5 Å². The number of halogens is 1. The normalized spacial score (nSPS) is 22.6. The number of carbonyl (C=O) groups excluding carboxylic acids is 2. The van der Waals surface area contributed by atoms with E-state index in [1.165, 1.54) is 11.8 Å². The van der Waals surface area contributed by atoms with Gasteiger partial charge < -0.3 is 4.74 Å². The van der Waals surface area contributed by atoms with Gasteiger partial charge in [0.1, 0.15) is 0 Å². The smallest absolute Gasteiger partial charge is 0.338 e. The van der Waals surface area contributed by atoms with Gasteiger partial charge in [-0.3, -0.25) is 9.69 Å². The number of thioether (sulfide) groups is 1. The van der Waals surface area contributed by atoms with Gasteiger partial charge in [0.15, 0.2) is 5.17 Å². The average Bonchev–Trinajstić information content (AvgIpc) is 2.88. The molecule has 2 aliphatic rings. The first-order valence-electron chi connectivity index (χ1n) is 8.59. The van der Waals surface area contributed by atoms with Crippen LogP contribution in [0.4, 0.5) is 0 Å². The summed E-state index contributed by atoms with van der Waals surface area (Å²) in [7, 11) is 0. The lowest BCUT2D eigenvalue weighted by Crippen LogP contribution is -2.41. The Morgan fingerprint density at radius 1 is 1.42 bits per heavy atom. The van der Waals surface area contributed by atoms with Crippen LogP contribution in [0.2, 0.25) is 0 Å². The number of amidine groups is 1. The predicted octanol–water partition coefficient (Wildman–Crippen LogP) is 4.44. The molecule has 0 bridgehead atoms. The lowest BCUT2D eigenvalue weighted by molar-refractivity contribution is -0.143. The number of carbonyl (C=O) groups is 2. The van der Waals surface area contributed by atoms with Crippen molar-refractivity contribution in [1.82, 2.24) is 4.90 Å². The molecule has 1 amide bonds.